The molecule has 0 radical (unpaired) electrons. The van der Waals surface area contributed by atoms with E-state index in [2.05, 4.69) is 5.10 Å². The molecule has 1 unspecified atom stereocenters. The molecule has 3 rings (SSSR count). The number of hydrogen-bond donors (Lipinski definition) is 1. The summed E-state index contributed by atoms with van der Waals surface area (Å²) in [5.41, 5.74) is 7.56. The quantitative estimate of drug-likeness (QED) is 0.791. The Morgan fingerprint density at radius 1 is 1.44 bits per heavy atom. The van der Waals surface area contributed by atoms with Gasteiger partial charge >= 0.3 is 0 Å². The summed E-state index contributed by atoms with van der Waals surface area (Å²) >= 11 is 0. The molecule has 0 saturated carbocycles. The number of fused-ring (bicyclic) bond motifs is 1. The van der Waals surface area contributed by atoms with E-state index in [1.165, 1.54) is 6.07 Å². The van der Waals surface area contributed by atoms with Crippen LogP contribution in [0.4, 0.5) is 10.1 Å². The van der Waals surface area contributed by atoms with Crippen molar-refractivity contribution in [1.29, 1.82) is 0 Å². The Morgan fingerprint density at radius 2 is 2.28 bits per heavy atom. The van der Waals surface area contributed by atoms with Gasteiger partial charge in [0.15, 0.2) is 6.23 Å². The first-order chi connectivity index (χ1) is 8.68. The number of aryl methyl sites for hydroxylation is 1. The molecule has 1 saturated heterocycles. The van der Waals surface area contributed by atoms with E-state index in [0.29, 0.717) is 5.39 Å². The summed E-state index contributed by atoms with van der Waals surface area (Å²) in [6, 6.07) is 3.11. The number of halogens is 1. The Bertz CT molecular complexity index is 587. The van der Waals surface area contributed by atoms with Crippen molar-refractivity contribution in [3.8, 4) is 0 Å². The number of nitrogens with zero attached hydrogens (tertiary/aromatic N) is 2. The molecular formula is C13H16FN3O. The maximum Gasteiger partial charge on any atom is 0.150 e. The predicted octanol–water partition coefficient (Wildman–Crippen LogP) is 2.77. The van der Waals surface area contributed by atoms with Crippen LogP contribution >= 0.6 is 0 Å². The molecule has 2 N–H and O–H groups in total. The minimum Gasteiger partial charge on any atom is -0.396 e. The summed E-state index contributed by atoms with van der Waals surface area (Å²) in [5, 5.41) is 5.16. The van der Waals surface area contributed by atoms with Crippen LogP contribution in [0.1, 0.15) is 31.2 Å². The fraction of sp³-hybridized carbons (Fsp3) is 0.462. The van der Waals surface area contributed by atoms with Crippen LogP contribution in [0.3, 0.4) is 0 Å². The van der Waals surface area contributed by atoms with E-state index in [9.17, 15) is 4.39 Å². The minimum absolute atomic E-state index is 0.0557. The number of rotatable bonds is 1. The number of ether oxygens (including phenoxy) is 1. The van der Waals surface area contributed by atoms with Crippen molar-refractivity contribution in [1.82, 2.24) is 9.78 Å². The van der Waals surface area contributed by atoms with E-state index in [4.69, 9.17) is 10.5 Å². The van der Waals surface area contributed by atoms with Crippen LogP contribution in [-0.4, -0.2) is 16.4 Å². The van der Waals surface area contributed by atoms with Crippen molar-refractivity contribution in [2.24, 2.45) is 0 Å². The maximum absolute atomic E-state index is 13.5. The average Bonchev–Trinajstić information content (AvgIpc) is 2.73. The van der Waals surface area contributed by atoms with E-state index in [0.717, 1.165) is 37.1 Å². The number of anilines is 1. The second-order valence-electron chi connectivity index (χ2n) is 4.71. The van der Waals surface area contributed by atoms with Gasteiger partial charge in [-0.25, -0.2) is 9.07 Å². The molecule has 1 fully saturated rings. The molecule has 0 amide bonds. The van der Waals surface area contributed by atoms with Gasteiger partial charge in [-0.3, -0.25) is 0 Å². The van der Waals surface area contributed by atoms with Gasteiger partial charge in [0.25, 0.3) is 0 Å². The normalized spacial score (nSPS) is 20.4. The second kappa shape index (κ2) is 4.24. The van der Waals surface area contributed by atoms with Crippen LogP contribution < -0.4 is 5.73 Å². The number of hydrogen-bond acceptors (Lipinski definition) is 3. The summed E-state index contributed by atoms with van der Waals surface area (Å²) in [6.45, 7) is 2.60. The third kappa shape index (κ3) is 1.66. The molecule has 1 aliphatic heterocycles. The lowest BCUT2D eigenvalue weighted by Gasteiger charge is -2.23. The first-order valence-corrected chi connectivity index (χ1v) is 6.23. The summed E-state index contributed by atoms with van der Waals surface area (Å²) in [5.74, 6) is -0.394. The Hall–Kier alpha value is -1.62. The summed E-state index contributed by atoms with van der Waals surface area (Å²) in [7, 11) is 0. The molecule has 96 valence electrons. The van der Waals surface area contributed by atoms with Crippen LogP contribution in [0.2, 0.25) is 0 Å². The van der Waals surface area contributed by atoms with Gasteiger partial charge in [0.2, 0.25) is 0 Å². The van der Waals surface area contributed by atoms with E-state index < -0.39 is 5.82 Å². The van der Waals surface area contributed by atoms with Crippen molar-refractivity contribution in [3.05, 3.63) is 23.6 Å². The van der Waals surface area contributed by atoms with Crippen molar-refractivity contribution >= 4 is 16.6 Å². The topological polar surface area (TPSA) is 53.1 Å². The molecular weight excluding hydrogens is 233 g/mol. The Labute approximate surface area is 105 Å². The fourth-order valence-electron chi connectivity index (χ4n) is 2.56. The molecule has 5 heteroatoms. The number of benzene rings is 1. The van der Waals surface area contributed by atoms with E-state index in [-0.39, 0.29) is 11.9 Å². The summed E-state index contributed by atoms with van der Waals surface area (Å²) in [4.78, 5) is 0. The van der Waals surface area contributed by atoms with Gasteiger partial charge in [-0.15, -0.1) is 0 Å². The molecule has 0 bridgehead atoms. The lowest BCUT2D eigenvalue weighted by atomic mass is 10.1. The highest BCUT2D eigenvalue weighted by Gasteiger charge is 2.21. The maximum atomic E-state index is 13.5. The number of nitrogen functional groups attached to an aromatic ring is 1. The number of aromatic nitrogens is 2. The van der Waals surface area contributed by atoms with Gasteiger partial charge in [0, 0.05) is 12.0 Å². The van der Waals surface area contributed by atoms with Crippen molar-refractivity contribution in [2.75, 3.05) is 12.3 Å². The molecule has 1 aliphatic rings. The molecule has 4 nitrogen and oxygen atoms in total. The third-order valence-corrected chi connectivity index (χ3v) is 3.47. The summed E-state index contributed by atoms with van der Waals surface area (Å²) in [6.07, 6.45) is 3.10. The van der Waals surface area contributed by atoms with Gasteiger partial charge in [0.05, 0.1) is 16.9 Å². The Kier molecular flexibility index (Phi) is 2.70. The van der Waals surface area contributed by atoms with Gasteiger partial charge in [-0.2, -0.15) is 5.10 Å². The van der Waals surface area contributed by atoms with Crippen molar-refractivity contribution < 1.29 is 9.13 Å². The first kappa shape index (κ1) is 11.5. The van der Waals surface area contributed by atoms with Crippen LogP contribution in [-0.2, 0) is 4.74 Å². The Balaban J connectivity index is 2.16. The van der Waals surface area contributed by atoms with E-state index in [1.807, 2.05) is 11.6 Å². The average molecular weight is 249 g/mol. The molecule has 1 aromatic heterocycles. The molecule has 0 spiro atoms. The van der Waals surface area contributed by atoms with Gasteiger partial charge < -0.3 is 10.5 Å². The molecule has 2 aromatic rings. The van der Waals surface area contributed by atoms with Crippen molar-refractivity contribution in [2.45, 2.75) is 32.4 Å². The van der Waals surface area contributed by atoms with Crippen LogP contribution in [0.15, 0.2) is 12.1 Å². The monoisotopic (exact) mass is 249 g/mol. The minimum atomic E-state index is -0.394. The molecule has 1 atom stereocenters. The zero-order chi connectivity index (χ0) is 12.7. The highest BCUT2D eigenvalue weighted by molar-refractivity contribution is 5.93. The zero-order valence-electron chi connectivity index (χ0n) is 10.3. The van der Waals surface area contributed by atoms with Crippen LogP contribution in [0.25, 0.3) is 10.9 Å². The highest BCUT2D eigenvalue weighted by Crippen LogP contribution is 2.31. The highest BCUT2D eigenvalue weighted by atomic mass is 19.1. The lowest BCUT2D eigenvalue weighted by molar-refractivity contribution is -0.0368. The second-order valence-corrected chi connectivity index (χ2v) is 4.71. The molecule has 1 aromatic carbocycles. The largest absolute Gasteiger partial charge is 0.396 e. The molecule has 18 heavy (non-hydrogen) atoms. The summed E-state index contributed by atoms with van der Waals surface area (Å²) < 4.78 is 21.0. The van der Waals surface area contributed by atoms with Gasteiger partial charge in [-0.05, 0) is 38.3 Å². The molecule has 0 aliphatic carbocycles. The van der Waals surface area contributed by atoms with Crippen LogP contribution in [0.5, 0.6) is 0 Å². The standard InChI is InChI=1S/C13H16FN3O/c1-8-12-10(6-5-9(14)13(12)15)17(16-8)11-4-2-3-7-18-11/h5-6,11H,2-4,7,15H2,1H3. The zero-order valence-corrected chi connectivity index (χ0v) is 10.3. The van der Waals surface area contributed by atoms with Crippen LogP contribution in [0, 0.1) is 12.7 Å². The number of nitrogens with two attached hydrogens (primary N) is 1. The van der Waals surface area contributed by atoms with Crippen molar-refractivity contribution in [3.63, 3.8) is 0 Å². The van der Waals surface area contributed by atoms with Gasteiger partial charge in [-0.1, -0.05) is 0 Å². The fourth-order valence-corrected chi connectivity index (χ4v) is 2.56. The van der Waals surface area contributed by atoms with Gasteiger partial charge in [0.1, 0.15) is 5.82 Å². The Morgan fingerprint density at radius 3 is 3.00 bits per heavy atom. The third-order valence-electron chi connectivity index (χ3n) is 3.47. The lowest BCUT2D eigenvalue weighted by Crippen LogP contribution is -2.19. The SMILES string of the molecule is Cc1nn(C2CCCCO2)c2ccc(F)c(N)c12. The first-order valence-electron chi connectivity index (χ1n) is 6.23. The van der Waals surface area contributed by atoms with E-state index >= 15 is 0 Å². The van der Waals surface area contributed by atoms with E-state index in [1.54, 1.807) is 6.07 Å². The predicted molar refractivity (Wildman–Crippen MR) is 67.7 cm³/mol. The smallest absolute Gasteiger partial charge is 0.150 e. The molecule has 2 heterocycles.